The Hall–Kier alpha value is -2.04. The molecule has 5 heteroatoms. The van der Waals surface area contributed by atoms with Gasteiger partial charge in [-0.3, -0.25) is 0 Å². The Bertz CT molecular complexity index is 550. The van der Waals surface area contributed by atoms with E-state index in [9.17, 15) is 0 Å². The summed E-state index contributed by atoms with van der Waals surface area (Å²) in [6.07, 6.45) is 3.40. The Kier molecular flexibility index (Phi) is 4.04. The summed E-state index contributed by atoms with van der Waals surface area (Å²) in [6, 6.07) is 3.94. The van der Waals surface area contributed by atoms with E-state index in [1.165, 1.54) is 6.33 Å². The summed E-state index contributed by atoms with van der Waals surface area (Å²) in [5, 5.41) is 0. The van der Waals surface area contributed by atoms with Crippen LogP contribution in [0.4, 0.5) is 11.6 Å². The molecular weight excluding hydrogens is 240 g/mol. The number of nitrogens with two attached hydrogens (primary N) is 1. The number of hydrogen-bond acceptors (Lipinski definition) is 5. The highest BCUT2D eigenvalue weighted by Gasteiger charge is 2.13. The van der Waals surface area contributed by atoms with Gasteiger partial charge in [-0.15, -0.1) is 0 Å². The minimum absolute atomic E-state index is 0.564. The summed E-state index contributed by atoms with van der Waals surface area (Å²) in [5.74, 6) is 3.27. The largest absolute Gasteiger partial charge is 0.464 e. The van der Waals surface area contributed by atoms with Gasteiger partial charge in [-0.1, -0.05) is 13.3 Å². The van der Waals surface area contributed by atoms with E-state index >= 15 is 0 Å². The van der Waals surface area contributed by atoms with Crippen LogP contribution in [0.1, 0.15) is 30.4 Å². The standard InChI is InChI=1S/C14H20N4O/c1-4-5-12-13(15)16-9-17-14(12)18(3)8-11-7-6-10(2)19-11/h6-7,9H,4-5,8H2,1-3H3,(H2,15,16,17). The third-order valence-corrected chi connectivity index (χ3v) is 3.01. The zero-order valence-electron chi connectivity index (χ0n) is 11.7. The Balaban J connectivity index is 2.23. The quantitative estimate of drug-likeness (QED) is 0.894. The summed E-state index contributed by atoms with van der Waals surface area (Å²) in [6.45, 7) is 4.72. The lowest BCUT2D eigenvalue weighted by Gasteiger charge is -2.20. The van der Waals surface area contributed by atoms with Gasteiger partial charge in [0.2, 0.25) is 0 Å². The van der Waals surface area contributed by atoms with E-state index in [0.717, 1.165) is 35.7 Å². The third-order valence-electron chi connectivity index (χ3n) is 3.01. The van der Waals surface area contributed by atoms with Crippen LogP contribution in [0.15, 0.2) is 22.9 Å². The van der Waals surface area contributed by atoms with Gasteiger partial charge < -0.3 is 15.1 Å². The van der Waals surface area contributed by atoms with E-state index in [1.54, 1.807) is 0 Å². The first-order valence-corrected chi connectivity index (χ1v) is 6.47. The van der Waals surface area contributed by atoms with Crippen molar-refractivity contribution in [3.8, 4) is 0 Å². The molecule has 5 nitrogen and oxygen atoms in total. The van der Waals surface area contributed by atoms with Gasteiger partial charge in [-0.05, 0) is 25.5 Å². The summed E-state index contributed by atoms with van der Waals surface area (Å²) in [5.41, 5.74) is 6.95. The molecule has 0 saturated carbocycles. The van der Waals surface area contributed by atoms with Crippen LogP contribution in [-0.4, -0.2) is 17.0 Å². The van der Waals surface area contributed by atoms with Crippen LogP contribution in [0.2, 0.25) is 0 Å². The topological polar surface area (TPSA) is 68.2 Å². The first kappa shape index (κ1) is 13.4. The number of anilines is 2. The van der Waals surface area contributed by atoms with E-state index in [-0.39, 0.29) is 0 Å². The monoisotopic (exact) mass is 260 g/mol. The van der Waals surface area contributed by atoms with Gasteiger partial charge in [0.05, 0.1) is 6.54 Å². The molecule has 0 aliphatic carbocycles. The highest BCUT2D eigenvalue weighted by atomic mass is 16.3. The number of hydrogen-bond donors (Lipinski definition) is 1. The molecule has 2 heterocycles. The highest BCUT2D eigenvalue weighted by Crippen LogP contribution is 2.23. The molecule has 0 aromatic carbocycles. The minimum Gasteiger partial charge on any atom is -0.464 e. The first-order valence-electron chi connectivity index (χ1n) is 6.47. The van der Waals surface area contributed by atoms with Crippen molar-refractivity contribution in [2.75, 3.05) is 17.7 Å². The van der Waals surface area contributed by atoms with Gasteiger partial charge in [0.25, 0.3) is 0 Å². The van der Waals surface area contributed by atoms with Crippen LogP contribution >= 0.6 is 0 Å². The Morgan fingerprint density at radius 2 is 2.11 bits per heavy atom. The molecular formula is C14H20N4O. The fraction of sp³-hybridized carbons (Fsp3) is 0.429. The van der Waals surface area contributed by atoms with E-state index in [4.69, 9.17) is 10.2 Å². The van der Waals surface area contributed by atoms with Crippen molar-refractivity contribution in [3.63, 3.8) is 0 Å². The zero-order chi connectivity index (χ0) is 13.8. The third kappa shape index (κ3) is 3.05. The number of aromatic nitrogens is 2. The molecule has 0 aliphatic rings. The molecule has 102 valence electrons. The lowest BCUT2D eigenvalue weighted by atomic mass is 10.1. The van der Waals surface area contributed by atoms with Crippen molar-refractivity contribution in [1.29, 1.82) is 0 Å². The molecule has 0 fully saturated rings. The lowest BCUT2D eigenvalue weighted by Crippen LogP contribution is -2.20. The van der Waals surface area contributed by atoms with Gasteiger partial charge in [0, 0.05) is 12.6 Å². The Labute approximate surface area is 113 Å². The smallest absolute Gasteiger partial charge is 0.137 e. The molecule has 0 aliphatic heterocycles. The van der Waals surface area contributed by atoms with Crippen LogP contribution in [0.25, 0.3) is 0 Å². The minimum atomic E-state index is 0.564. The van der Waals surface area contributed by atoms with Crippen molar-refractivity contribution < 1.29 is 4.42 Å². The first-order chi connectivity index (χ1) is 9.11. The van der Waals surface area contributed by atoms with Crippen LogP contribution in [0.5, 0.6) is 0 Å². The Morgan fingerprint density at radius 1 is 1.32 bits per heavy atom. The van der Waals surface area contributed by atoms with Crippen molar-refractivity contribution >= 4 is 11.6 Å². The number of furan rings is 1. The molecule has 0 bridgehead atoms. The predicted molar refractivity (Wildman–Crippen MR) is 76.0 cm³/mol. The maximum atomic E-state index is 5.94. The fourth-order valence-corrected chi connectivity index (χ4v) is 2.11. The van der Waals surface area contributed by atoms with Crippen LogP contribution in [0, 0.1) is 6.92 Å². The maximum absolute atomic E-state index is 5.94. The summed E-state index contributed by atoms with van der Waals surface area (Å²) < 4.78 is 5.59. The number of nitrogens with zero attached hydrogens (tertiary/aromatic N) is 3. The molecule has 0 spiro atoms. The Morgan fingerprint density at radius 3 is 2.74 bits per heavy atom. The molecule has 2 aromatic rings. The maximum Gasteiger partial charge on any atom is 0.137 e. The van der Waals surface area contributed by atoms with Gasteiger partial charge in [0.1, 0.15) is 29.5 Å². The molecule has 2 N–H and O–H groups in total. The van der Waals surface area contributed by atoms with Crippen LogP contribution < -0.4 is 10.6 Å². The van der Waals surface area contributed by atoms with Crippen LogP contribution in [0.3, 0.4) is 0 Å². The SMILES string of the molecule is CCCc1c(N)ncnc1N(C)Cc1ccc(C)o1. The molecule has 2 aromatic heterocycles. The van der Waals surface area contributed by atoms with Crippen molar-refractivity contribution in [2.24, 2.45) is 0 Å². The zero-order valence-corrected chi connectivity index (χ0v) is 11.7. The van der Waals surface area contributed by atoms with E-state index in [1.807, 2.05) is 31.0 Å². The van der Waals surface area contributed by atoms with E-state index < -0.39 is 0 Å². The molecule has 0 unspecified atom stereocenters. The fourth-order valence-electron chi connectivity index (χ4n) is 2.11. The number of rotatable bonds is 5. The molecule has 0 amide bonds. The van der Waals surface area contributed by atoms with Crippen molar-refractivity contribution in [2.45, 2.75) is 33.2 Å². The summed E-state index contributed by atoms with van der Waals surface area (Å²) in [4.78, 5) is 10.5. The predicted octanol–water partition coefficient (Wildman–Crippen LogP) is 2.55. The molecule has 2 rings (SSSR count). The average molecular weight is 260 g/mol. The van der Waals surface area contributed by atoms with E-state index in [2.05, 4.69) is 16.9 Å². The van der Waals surface area contributed by atoms with Crippen molar-refractivity contribution in [1.82, 2.24) is 9.97 Å². The molecule has 0 saturated heterocycles. The van der Waals surface area contributed by atoms with Gasteiger partial charge in [-0.25, -0.2) is 9.97 Å². The summed E-state index contributed by atoms with van der Waals surface area (Å²) in [7, 11) is 1.98. The normalized spacial score (nSPS) is 10.7. The second-order valence-electron chi connectivity index (χ2n) is 4.68. The lowest BCUT2D eigenvalue weighted by molar-refractivity contribution is 0.481. The molecule has 0 radical (unpaired) electrons. The number of nitrogen functional groups attached to an aromatic ring is 1. The summed E-state index contributed by atoms with van der Waals surface area (Å²) >= 11 is 0. The average Bonchev–Trinajstić information content (AvgIpc) is 2.77. The second kappa shape index (κ2) is 5.73. The van der Waals surface area contributed by atoms with Crippen LogP contribution in [-0.2, 0) is 13.0 Å². The van der Waals surface area contributed by atoms with Crippen molar-refractivity contribution in [3.05, 3.63) is 35.5 Å². The van der Waals surface area contributed by atoms with Gasteiger partial charge >= 0.3 is 0 Å². The second-order valence-corrected chi connectivity index (χ2v) is 4.68. The molecule has 0 atom stereocenters. The van der Waals surface area contributed by atoms with Gasteiger partial charge in [0.15, 0.2) is 0 Å². The number of aryl methyl sites for hydroxylation is 1. The van der Waals surface area contributed by atoms with Gasteiger partial charge in [-0.2, -0.15) is 0 Å². The van der Waals surface area contributed by atoms with E-state index in [0.29, 0.717) is 12.4 Å². The highest BCUT2D eigenvalue weighted by molar-refractivity contribution is 5.56. The molecule has 19 heavy (non-hydrogen) atoms.